The molecule has 2 unspecified atom stereocenters. The number of amides is 5. The van der Waals surface area contributed by atoms with Gasteiger partial charge in [0.2, 0.25) is 23.5 Å². The van der Waals surface area contributed by atoms with Crippen LogP contribution < -0.4 is 21.3 Å². The number of ketones is 1. The van der Waals surface area contributed by atoms with E-state index in [9.17, 15) is 28.8 Å². The first-order chi connectivity index (χ1) is 19.3. The second-order valence-electron chi connectivity index (χ2n) is 14.1. The van der Waals surface area contributed by atoms with E-state index < -0.39 is 64.6 Å². The molecule has 4 N–H and O–H groups in total. The van der Waals surface area contributed by atoms with Crippen LogP contribution >= 0.6 is 0 Å². The van der Waals surface area contributed by atoms with Crippen LogP contribution in [0.1, 0.15) is 88.5 Å². The molecule has 0 aromatic carbocycles. The van der Waals surface area contributed by atoms with Gasteiger partial charge >= 0.3 is 6.09 Å². The fourth-order valence-electron chi connectivity index (χ4n) is 5.60. The van der Waals surface area contributed by atoms with E-state index in [2.05, 4.69) is 21.3 Å². The molecule has 1 aliphatic heterocycles. The molecule has 0 spiro atoms. The van der Waals surface area contributed by atoms with Crippen molar-refractivity contribution in [1.82, 2.24) is 26.2 Å². The van der Waals surface area contributed by atoms with E-state index in [1.807, 2.05) is 48.5 Å². The van der Waals surface area contributed by atoms with Crippen molar-refractivity contribution in [3.8, 4) is 0 Å². The Labute approximate surface area is 249 Å². The van der Waals surface area contributed by atoms with Crippen molar-refractivity contribution in [2.75, 3.05) is 19.6 Å². The van der Waals surface area contributed by atoms with E-state index >= 15 is 0 Å². The number of fused-ring (bicyclic) bond motifs is 1. The minimum absolute atomic E-state index is 0.0737. The summed E-state index contributed by atoms with van der Waals surface area (Å²) >= 11 is 0. The summed E-state index contributed by atoms with van der Waals surface area (Å²) in [5.41, 5.74) is -1.65. The Morgan fingerprint density at radius 3 is 2.07 bits per heavy atom. The first-order valence-electron chi connectivity index (χ1n) is 14.9. The zero-order valence-electron chi connectivity index (χ0n) is 26.9. The van der Waals surface area contributed by atoms with Gasteiger partial charge in [0.05, 0.1) is 12.6 Å². The fraction of sp³-hybridized carbons (Fsp3) is 0.800. The number of hydrogen-bond acceptors (Lipinski definition) is 7. The Balaban J connectivity index is 2.23. The van der Waals surface area contributed by atoms with Crippen molar-refractivity contribution < 1.29 is 33.5 Å². The van der Waals surface area contributed by atoms with Gasteiger partial charge in [-0.2, -0.15) is 0 Å². The van der Waals surface area contributed by atoms with E-state index in [1.165, 1.54) is 4.90 Å². The van der Waals surface area contributed by atoms with Crippen molar-refractivity contribution in [3.63, 3.8) is 0 Å². The molecule has 42 heavy (non-hydrogen) atoms. The molecule has 0 aromatic rings. The lowest BCUT2D eigenvalue weighted by atomic mass is 9.85. The summed E-state index contributed by atoms with van der Waals surface area (Å²) in [4.78, 5) is 79.4. The van der Waals surface area contributed by atoms with Crippen LogP contribution in [0.5, 0.6) is 0 Å². The van der Waals surface area contributed by atoms with Gasteiger partial charge in [-0.3, -0.25) is 24.0 Å². The van der Waals surface area contributed by atoms with E-state index in [1.54, 1.807) is 20.8 Å². The normalized spacial score (nSPS) is 22.2. The van der Waals surface area contributed by atoms with Gasteiger partial charge in [-0.1, -0.05) is 54.9 Å². The maximum absolute atomic E-state index is 14.0. The molecule has 0 aromatic heterocycles. The Bertz CT molecular complexity index is 1060. The molecule has 5 amide bonds. The average Bonchev–Trinajstić information content (AvgIpc) is 3.19. The number of Topliss-reactive ketones (excluding diaryl/α,β-unsaturated/α-hetero) is 1. The average molecular weight is 594 g/mol. The molecule has 5 atom stereocenters. The van der Waals surface area contributed by atoms with Crippen LogP contribution in [0, 0.1) is 22.7 Å². The topological polar surface area (TPSA) is 163 Å². The van der Waals surface area contributed by atoms with E-state index in [-0.39, 0.29) is 30.2 Å². The summed E-state index contributed by atoms with van der Waals surface area (Å²) in [6, 6.07) is -2.96. The molecule has 2 rings (SSSR count). The van der Waals surface area contributed by atoms with Crippen molar-refractivity contribution >= 4 is 35.5 Å². The molecule has 0 bridgehead atoms. The third-order valence-electron chi connectivity index (χ3n) is 7.95. The van der Waals surface area contributed by atoms with E-state index in [4.69, 9.17) is 4.74 Å². The van der Waals surface area contributed by atoms with Crippen LogP contribution in [-0.2, 0) is 28.7 Å². The summed E-state index contributed by atoms with van der Waals surface area (Å²) in [5, 5.41) is 10.4. The molecule has 12 nitrogen and oxygen atoms in total. The van der Waals surface area contributed by atoms with Crippen molar-refractivity contribution in [3.05, 3.63) is 0 Å². The Kier molecular flexibility index (Phi) is 11.2. The predicted octanol–water partition coefficient (Wildman–Crippen LogP) is 1.91. The minimum Gasteiger partial charge on any atom is -0.444 e. The Morgan fingerprint density at radius 2 is 1.55 bits per heavy atom. The zero-order chi connectivity index (χ0) is 32.2. The van der Waals surface area contributed by atoms with Gasteiger partial charge in [0.1, 0.15) is 17.7 Å². The lowest BCUT2D eigenvalue weighted by molar-refractivity contribution is -0.145. The van der Waals surface area contributed by atoms with Crippen LogP contribution in [-0.4, -0.2) is 83.8 Å². The predicted molar refractivity (Wildman–Crippen MR) is 157 cm³/mol. The van der Waals surface area contributed by atoms with Crippen LogP contribution in [0.2, 0.25) is 0 Å². The highest BCUT2D eigenvalue weighted by atomic mass is 16.6. The third kappa shape index (κ3) is 8.67. The number of nitrogens with one attached hydrogen (secondary N) is 4. The van der Waals surface area contributed by atoms with Gasteiger partial charge in [-0.25, -0.2) is 4.79 Å². The van der Waals surface area contributed by atoms with Gasteiger partial charge in [0.25, 0.3) is 5.91 Å². The maximum atomic E-state index is 14.0. The first-order valence-corrected chi connectivity index (χ1v) is 14.9. The molecule has 1 heterocycles. The second-order valence-corrected chi connectivity index (χ2v) is 14.1. The quantitative estimate of drug-likeness (QED) is 0.251. The number of piperidine rings is 1. The third-order valence-corrected chi connectivity index (χ3v) is 7.95. The molecule has 0 radical (unpaired) electrons. The lowest BCUT2D eigenvalue weighted by Crippen LogP contribution is -2.60. The molecule has 2 fully saturated rings. The lowest BCUT2D eigenvalue weighted by Gasteiger charge is -2.38. The maximum Gasteiger partial charge on any atom is 0.408 e. The van der Waals surface area contributed by atoms with Crippen LogP contribution in [0.4, 0.5) is 4.79 Å². The molecule has 12 heteroatoms. The molecule has 2 aliphatic rings. The van der Waals surface area contributed by atoms with Crippen molar-refractivity contribution in [1.29, 1.82) is 0 Å². The summed E-state index contributed by atoms with van der Waals surface area (Å²) in [5.74, 6) is -3.22. The number of carbonyl (C=O) groups excluding carboxylic acids is 6. The molecule has 238 valence electrons. The summed E-state index contributed by atoms with van der Waals surface area (Å²) in [6.07, 6.45) is 0.723. The monoisotopic (exact) mass is 593 g/mol. The van der Waals surface area contributed by atoms with E-state index in [0.29, 0.717) is 19.5 Å². The van der Waals surface area contributed by atoms with Gasteiger partial charge < -0.3 is 30.9 Å². The highest BCUT2D eigenvalue weighted by Crippen LogP contribution is 2.65. The number of alkyl carbamates (subject to hydrolysis) is 1. The number of nitrogens with zero attached hydrogens (tertiary/aromatic N) is 1. The molecule has 1 saturated heterocycles. The SMILES string of the molecule is CCCNC(=O)CNC(=O)C(=O)C(CCC)NC(=O)[C@@H]1[C@@H]2C(CN1C(=O)[C@@H](NC(=O)OC(C)(C)C)C(C)(C)C)C2(C)C. The Hall–Kier alpha value is -3.18. The molecule has 1 aliphatic carbocycles. The van der Waals surface area contributed by atoms with Gasteiger partial charge in [-0.15, -0.1) is 0 Å². The van der Waals surface area contributed by atoms with E-state index in [0.717, 1.165) is 6.42 Å². The number of rotatable bonds is 12. The molecular weight excluding hydrogens is 542 g/mol. The first kappa shape index (κ1) is 35.0. The molecule has 1 saturated carbocycles. The number of hydrogen-bond donors (Lipinski definition) is 4. The summed E-state index contributed by atoms with van der Waals surface area (Å²) in [7, 11) is 0. The largest absolute Gasteiger partial charge is 0.444 e. The zero-order valence-corrected chi connectivity index (χ0v) is 26.9. The van der Waals surface area contributed by atoms with Gasteiger partial charge in [-0.05, 0) is 56.3 Å². The number of ether oxygens (including phenoxy) is 1. The Morgan fingerprint density at radius 1 is 0.929 bits per heavy atom. The minimum atomic E-state index is -1.11. The highest BCUT2D eigenvalue weighted by molar-refractivity contribution is 6.38. The van der Waals surface area contributed by atoms with Gasteiger partial charge in [0, 0.05) is 13.1 Å². The molecular formula is C30H51N5O7. The van der Waals surface area contributed by atoms with Crippen LogP contribution in [0.3, 0.4) is 0 Å². The standard InChI is InChI=1S/C30H51N5O7/c1-11-13-18(22(37)25(39)32-15-19(36)31-14-12-2)33-24(38)21-20-17(30(20,9)10)16-35(21)26(40)23(28(3,4)5)34-27(41)42-29(6,7)8/h17-18,20-21,23H,11-16H2,1-10H3,(H,31,36)(H,32,39)(H,33,38)(H,34,41)/t17?,18?,20-,21-,23+/m0/s1. The number of likely N-dealkylation sites (tertiary alicyclic amines) is 1. The number of carbonyl (C=O) groups is 6. The second kappa shape index (κ2) is 13.4. The summed E-state index contributed by atoms with van der Waals surface area (Å²) < 4.78 is 5.40. The smallest absolute Gasteiger partial charge is 0.408 e. The summed E-state index contributed by atoms with van der Waals surface area (Å²) in [6.45, 7) is 18.9. The fourth-order valence-corrected chi connectivity index (χ4v) is 5.60. The van der Waals surface area contributed by atoms with Crippen LogP contribution in [0.15, 0.2) is 0 Å². The van der Waals surface area contributed by atoms with Crippen molar-refractivity contribution in [2.24, 2.45) is 22.7 Å². The van der Waals surface area contributed by atoms with Crippen molar-refractivity contribution in [2.45, 2.75) is 112 Å². The van der Waals surface area contributed by atoms with Gasteiger partial charge in [0.15, 0.2) is 0 Å². The highest BCUT2D eigenvalue weighted by Gasteiger charge is 2.70. The van der Waals surface area contributed by atoms with Crippen LogP contribution in [0.25, 0.3) is 0 Å².